The summed E-state index contributed by atoms with van der Waals surface area (Å²) in [5.41, 5.74) is 0. The van der Waals surface area contributed by atoms with Crippen molar-refractivity contribution in [2.45, 2.75) is 63.4 Å². The van der Waals surface area contributed by atoms with Crippen LogP contribution in [0, 0.1) is 5.92 Å². The number of amides is 3. The fourth-order valence-electron chi connectivity index (χ4n) is 3.55. The molecule has 0 radical (unpaired) electrons. The molecule has 2 heterocycles. The van der Waals surface area contributed by atoms with Gasteiger partial charge in [-0.15, -0.1) is 0 Å². The molecule has 2 aliphatic heterocycles. The standard InChI is InChI=1S/C21H33N3O8S3/c1-12(2)19-16(25)9-18(27)32-13-6-4-5-7-33-34-10-14(20(28)24-19)23-21(29)15(11-35(3,30)31)22-17(26)8-13/h4,6,12-16,19,25H,5,7-11H2,1-3H3,(H,22,26)(H,23,29)(H,24,28)/b6-4+/t13-,14-,15+,16+,19-/m1/s1. The second kappa shape index (κ2) is 13.5. The zero-order valence-electron chi connectivity index (χ0n) is 19.9. The van der Waals surface area contributed by atoms with Crippen LogP contribution in [0.15, 0.2) is 12.2 Å². The average Bonchev–Trinajstić information content (AvgIpc) is 2.72. The van der Waals surface area contributed by atoms with Crippen molar-refractivity contribution in [2.75, 3.05) is 23.5 Å². The molecule has 2 bridgehead atoms. The van der Waals surface area contributed by atoms with Crippen LogP contribution in [-0.2, 0) is 33.8 Å². The van der Waals surface area contributed by atoms with Gasteiger partial charge < -0.3 is 25.8 Å². The molecule has 0 saturated carbocycles. The summed E-state index contributed by atoms with van der Waals surface area (Å²) >= 11 is 0. The van der Waals surface area contributed by atoms with E-state index in [2.05, 4.69) is 16.0 Å². The average molecular weight is 552 g/mol. The van der Waals surface area contributed by atoms with Crippen LogP contribution in [-0.4, -0.2) is 91.1 Å². The number of fused-ring (bicyclic) bond motifs is 7. The van der Waals surface area contributed by atoms with Gasteiger partial charge in [0, 0.05) is 17.8 Å². The Morgan fingerprint density at radius 3 is 2.46 bits per heavy atom. The smallest absolute Gasteiger partial charge is 0.309 e. The van der Waals surface area contributed by atoms with Crippen LogP contribution in [0.3, 0.4) is 0 Å². The molecule has 0 aromatic rings. The number of carbonyl (C=O) groups is 4. The van der Waals surface area contributed by atoms with Crippen LogP contribution >= 0.6 is 21.6 Å². The van der Waals surface area contributed by atoms with Crippen LogP contribution < -0.4 is 16.0 Å². The van der Waals surface area contributed by atoms with Crippen LogP contribution in [0.2, 0.25) is 0 Å². The van der Waals surface area contributed by atoms with Crippen molar-refractivity contribution in [1.29, 1.82) is 0 Å². The third-order valence-corrected chi connectivity index (χ3v) is 8.66. The number of hydrogen-bond acceptors (Lipinski definition) is 10. The number of aliphatic hydroxyl groups excluding tert-OH is 1. The maximum Gasteiger partial charge on any atom is 0.309 e. The summed E-state index contributed by atoms with van der Waals surface area (Å²) in [4.78, 5) is 51.4. The van der Waals surface area contributed by atoms with Gasteiger partial charge in [0.15, 0.2) is 0 Å². The van der Waals surface area contributed by atoms with Crippen molar-refractivity contribution in [3.05, 3.63) is 12.2 Å². The van der Waals surface area contributed by atoms with Crippen molar-refractivity contribution in [3.63, 3.8) is 0 Å². The molecule has 0 aromatic heterocycles. The molecule has 198 valence electrons. The minimum Gasteiger partial charge on any atom is -0.457 e. The highest BCUT2D eigenvalue weighted by Crippen LogP contribution is 2.24. The summed E-state index contributed by atoms with van der Waals surface area (Å²) in [7, 11) is -0.851. The Hall–Kier alpha value is -1.77. The molecule has 0 spiro atoms. The number of esters is 1. The lowest BCUT2D eigenvalue weighted by atomic mass is 9.96. The van der Waals surface area contributed by atoms with Crippen LogP contribution in [0.1, 0.15) is 33.1 Å². The number of hydrogen-bond donors (Lipinski definition) is 4. The molecule has 4 N–H and O–H groups in total. The quantitative estimate of drug-likeness (QED) is 0.205. The Bertz CT molecular complexity index is 925. The Morgan fingerprint density at radius 1 is 1.09 bits per heavy atom. The summed E-state index contributed by atoms with van der Waals surface area (Å²) in [6, 6.07) is -3.34. The molecule has 2 aliphatic rings. The first kappa shape index (κ1) is 29.5. The number of sulfone groups is 1. The molecular weight excluding hydrogens is 518 g/mol. The highest BCUT2D eigenvalue weighted by atomic mass is 33.1. The SMILES string of the molecule is CC(C)[C@H]1NC(=O)[C@H]2CSSCC/C=C/[C@H](CC(=O)N[C@@H](CS(C)(=O)=O)C(=O)N2)OC(=O)C[C@@H]1O. The third kappa shape index (κ3) is 10.4. The molecule has 0 aliphatic carbocycles. The lowest BCUT2D eigenvalue weighted by Gasteiger charge is -2.29. The van der Waals surface area contributed by atoms with E-state index in [0.717, 1.165) is 6.26 Å². The number of carbonyl (C=O) groups excluding carboxylic acids is 4. The van der Waals surface area contributed by atoms with E-state index in [0.29, 0.717) is 12.2 Å². The largest absolute Gasteiger partial charge is 0.457 e. The normalized spacial score (nSPS) is 31.2. The second-order valence-electron chi connectivity index (χ2n) is 8.88. The van der Waals surface area contributed by atoms with E-state index in [1.54, 1.807) is 26.0 Å². The number of allylic oxidation sites excluding steroid dienone is 1. The Balaban J connectivity index is 2.51. The molecule has 11 nitrogen and oxygen atoms in total. The van der Waals surface area contributed by atoms with Gasteiger partial charge >= 0.3 is 5.97 Å². The second-order valence-corrected chi connectivity index (χ2v) is 13.7. The highest BCUT2D eigenvalue weighted by molar-refractivity contribution is 8.76. The number of ether oxygens (including phenoxy) is 1. The van der Waals surface area contributed by atoms with Crippen LogP contribution in [0.5, 0.6) is 0 Å². The van der Waals surface area contributed by atoms with Gasteiger partial charge in [0.1, 0.15) is 28.0 Å². The highest BCUT2D eigenvalue weighted by Gasteiger charge is 2.34. The van der Waals surface area contributed by atoms with E-state index in [1.807, 2.05) is 0 Å². The first-order valence-electron chi connectivity index (χ1n) is 11.2. The summed E-state index contributed by atoms with van der Waals surface area (Å²) in [6.07, 6.45) is 1.86. The fourth-order valence-corrected chi connectivity index (χ4v) is 6.55. The predicted molar refractivity (Wildman–Crippen MR) is 134 cm³/mol. The van der Waals surface area contributed by atoms with Gasteiger partial charge in [0.2, 0.25) is 17.7 Å². The van der Waals surface area contributed by atoms with E-state index >= 15 is 0 Å². The molecular formula is C21H33N3O8S3. The molecule has 35 heavy (non-hydrogen) atoms. The van der Waals surface area contributed by atoms with Crippen molar-refractivity contribution in [1.82, 2.24) is 16.0 Å². The fraction of sp³-hybridized carbons (Fsp3) is 0.714. The Morgan fingerprint density at radius 2 is 1.80 bits per heavy atom. The van der Waals surface area contributed by atoms with E-state index in [9.17, 15) is 32.7 Å². The third-order valence-electron chi connectivity index (χ3n) is 5.28. The summed E-state index contributed by atoms with van der Waals surface area (Å²) in [5, 5.41) is 18.3. The van der Waals surface area contributed by atoms with Gasteiger partial charge in [0.25, 0.3) is 0 Å². The van der Waals surface area contributed by atoms with E-state index < -0.39 is 76.0 Å². The first-order valence-corrected chi connectivity index (χ1v) is 15.8. The maximum absolute atomic E-state index is 13.1. The maximum atomic E-state index is 13.1. The van der Waals surface area contributed by atoms with Crippen LogP contribution in [0.25, 0.3) is 0 Å². The minimum atomic E-state index is -3.68. The van der Waals surface area contributed by atoms with Crippen molar-refractivity contribution in [2.24, 2.45) is 5.92 Å². The first-order chi connectivity index (χ1) is 16.4. The Labute approximate surface area is 213 Å². The van der Waals surface area contributed by atoms with E-state index in [-0.39, 0.29) is 18.1 Å². The molecule has 1 saturated heterocycles. The van der Waals surface area contributed by atoms with Crippen molar-refractivity contribution >= 4 is 55.1 Å². The minimum absolute atomic E-state index is 0.164. The van der Waals surface area contributed by atoms with Gasteiger partial charge in [-0.3, -0.25) is 19.2 Å². The molecule has 2 rings (SSSR count). The molecule has 3 amide bonds. The van der Waals surface area contributed by atoms with Gasteiger partial charge in [-0.05, 0) is 18.4 Å². The topological polar surface area (TPSA) is 168 Å². The number of aliphatic hydroxyl groups is 1. The van der Waals surface area contributed by atoms with Crippen molar-refractivity contribution < 1.29 is 37.4 Å². The zero-order chi connectivity index (χ0) is 26.2. The summed E-state index contributed by atoms with van der Waals surface area (Å²) in [6.45, 7) is 3.53. The molecule has 0 aromatic carbocycles. The molecule has 14 heteroatoms. The number of rotatable bonds is 3. The molecule has 1 fully saturated rings. The molecule has 5 atom stereocenters. The van der Waals surface area contributed by atoms with Gasteiger partial charge in [-0.25, -0.2) is 8.42 Å². The monoisotopic (exact) mass is 551 g/mol. The lowest BCUT2D eigenvalue weighted by molar-refractivity contribution is -0.151. The zero-order valence-corrected chi connectivity index (χ0v) is 22.3. The predicted octanol–water partition coefficient (Wildman–Crippen LogP) is -0.451. The Kier molecular flexibility index (Phi) is 11.4. The van der Waals surface area contributed by atoms with Crippen LogP contribution in [0.4, 0.5) is 0 Å². The van der Waals surface area contributed by atoms with E-state index in [4.69, 9.17) is 4.74 Å². The summed E-state index contributed by atoms with van der Waals surface area (Å²) < 4.78 is 29.3. The summed E-state index contributed by atoms with van der Waals surface area (Å²) in [5.74, 6) is -2.99. The molecule has 0 unspecified atom stereocenters. The van der Waals surface area contributed by atoms with E-state index in [1.165, 1.54) is 21.6 Å². The van der Waals surface area contributed by atoms with Gasteiger partial charge in [-0.1, -0.05) is 41.5 Å². The van der Waals surface area contributed by atoms with Crippen molar-refractivity contribution in [3.8, 4) is 0 Å². The van der Waals surface area contributed by atoms with Gasteiger partial charge in [-0.2, -0.15) is 0 Å². The van der Waals surface area contributed by atoms with Gasteiger partial charge in [0.05, 0.1) is 30.7 Å². The lowest BCUT2D eigenvalue weighted by Crippen LogP contribution is -2.58. The number of nitrogens with one attached hydrogen (secondary N) is 3.